The van der Waals surface area contributed by atoms with E-state index in [4.69, 9.17) is 5.26 Å². The monoisotopic (exact) mass is 107 g/mol. The van der Waals surface area contributed by atoms with Crippen molar-refractivity contribution in [1.82, 2.24) is 5.32 Å². The molecule has 0 amide bonds. The van der Waals surface area contributed by atoms with Crippen LogP contribution >= 0.6 is 0 Å². The van der Waals surface area contributed by atoms with Gasteiger partial charge in [-0.2, -0.15) is 5.26 Å². The summed E-state index contributed by atoms with van der Waals surface area (Å²) < 4.78 is 0. The summed E-state index contributed by atoms with van der Waals surface area (Å²) in [6, 6.07) is 1.96. The third-order valence-corrected chi connectivity index (χ3v) is 0.828. The molecule has 40 valence electrons. The van der Waals surface area contributed by atoms with Gasteiger partial charge in [0.1, 0.15) is 18.4 Å². The molecule has 8 heavy (non-hydrogen) atoms. The first-order chi connectivity index (χ1) is 3.93. The maximum atomic E-state index is 8.25. The van der Waals surface area contributed by atoms with Crippen molar-refractivity contribution in [3.05, 3.63) is 11.8 Å². The zero-order valence-electron chi connectivity index (χ0n) is 4.26. The summed E-state index contributed by atoms with van der Waals surface area (Å²) in [6.45, 7) is 0.527. The first-order valence-corrected chi connectivity index (χ1v) is 2.27. The molecule has 3 nitrogen and oxygen atoms in total. The Morgan fingerprint density at radius 2 is 2.75 bits per heavy atom. The molecule has 0 atom stereocenters. The molecular formula is C5H5N3. The highest BCUT2D eigenvalue weighted by molar-refractivity contribution is 5.74. The van der Waals surface area contributed by atoms with Gasteiger partial charge < -0.3 is 5.32 Å². The fraction of sp³-hybridized carbons (Fsp3) is 0.200. The van der Waals surface area contributed by atoms with E-state index < -0.39 is 0 Å². The highest BCUT2D eigenvalue weighted by Crippen LogP contribution is 1.87. The zero-order valence-corrected chi connectivity index (χ0v) is 4.26. The van der Waals surface area contributed by atoms with Crippen molar-refractivity contribution in [2.24, 2.45) is 4.99 Å². The Balaban J connectivity index is 2.67. The average molecular weight is 107 g/mol. The molecule has 3 heteroatoms. The molecule has 0 bridgehead atoms. The second kappa shape index (κ2) is 2.12. The van der Waals surface area contributed by atoms with Crippen molar-refractivity contribution in [2.45, 2.75) is 0 Å². The number of allylic oxidation sites excluding steroid dienone is 2. The number of hydrogen-bond donors (Lipinski definition) is 1. The van der Waals surface area contributed by atoms with Crippen LogP contribution in [0.4, 0.5) is 0 Å². The van der Waals surface area contributed by atoms with Crippen LogP contribution in [0.25, 0.3) is 0 Å². The molecule has 0 aliphatic carbocycles. The first-order valence-electron chi connectivity index (χ1n) is 2.27. The van der Waals surface area contributed by atoms with Gasteiger partial charge in [-0.3, -0.25) is 4.99 Å². The third kappa shape index (κ3) is 0.850. The van der Waals surface area contributed by atoms with Gasteiger partial charge >= 0.3 is 0 Å². The van der Waals surface area contributed by atoms with Gasteiger partial charge in [0.25, 0.3) is 0 Å². The molecule has 0 aromatic carbocycles. The van der Waals surface area contributed by atoms with Crippen molar-refractivity contribution in [3.8, 4) is 6.07 Å². The Kier molecular flexibility index (Phi) is 1.29. The molecule has 0 aromatic rings. The van der Waals surface area contributed by atoms with E-state index in [-0.39, 0.29) is 0 Å². The van der Waals surface area contributed by atoms with Gasteiger partial charge in [-0.05, 0) is 6.08 Å². The molecule has 0 radical (unpaired) electrons. The van der Waals surface area contributed by atoms with E-state index in [0.717, 1.165) is 0 Å². The minimum Gasteiger partial charge on any atom is -0.358 e. The number of aliphatic imine (C=N–C) groups is 1. The van der Waals surface area contributed by atoms with Crippen LogP contribution < -0.4 is 5.32 Å². The lowest BCUT2D eigenvalue weighted by Gasteiger charge is -2.01. The number of nitriles is 1. The second-order valence-electron chi connectivity index (χ2n) is 1.36. The lowest BCUT2D eigenvalue weighted by atomic mass is 10.4. The molecule has 1 aliphatic rings. The van der Waals surface area contributed by atoms with E-state index in [1.807, 2.05) is 6.07 Å². The van der Waals surface area contributed by atoms with Crippen LogP contribution in [-0.2, 0) is 0 Å². The van der Waals surface area contributed by atoms with E-state index >= 15 is 0 Å². The Hall–Kier alpha value is -1.30. The fourth-order valence-corrected chi connectivity index (χ4v) is 0.446. The van der Waals surface area contributed by atoms with Crippen molar-refractivity contribution >= 4 is 6.21 Å². The maximum Gasteiger partial charge on any atom is 0.117 e. The molecule has 0 spiro atoms. The van der Waals surface area contributed by atoms with E-state index in [0.29, 0.717) is 12.4 Å². The van der Waals surface area contributed by atoms with Gasteiger partial charge in [-0.15, -0.1) is 0 Å². The van der Waals surface area contributed by atoms with E-state index in [1.54, 1.807) is 12.3 Å². The van der Waals surface area contributed by atoms with Crippen molar-refractivity contribution in [2.75, 3.05) is 6.67 Å². The molecule has 0 saturated heterocycles. The molecule has 0 unspecified atom stereocenters. The number of nitrogens with one attached hydrogen (secondary N) is 1. The number of rotatable bonds is 0. The van der Waals surface area contributed by atoms with Crippen LogP contribution in [0.15, 0.2) is 16.8 Å². The molecule has 1 rings (SSSR count). The van der Waals surface area contributed by atoms with Gasteiger partial charge in [0.05, 0.1) is 0 Å². The Morgan fingerprint density at radius 1 is 1.88 bits per heavy atom. The van der Waals surface area contributed by atoms with Crippen molar-refractivity contribution in [1.29, 1.82) is 5.26 Å². The van der Waals surface area contributed by atoms with Crippen molar-refractivity contribution in [3.63, 3.8) is 0 Å². The quantitative estimate of drug-likeness (QED) is 0.474. The van der Waals surface area contributed by atoms with Gasteiger partial charge in [-0.25, -0.2) is 0 Å². The molecule has 0 aromatic heterocycles. The molecule has 0 fully saturated rings. The molecule has 1 aliphatic heterocycles. The molecule has 0 saturated carbocycles. The Bertz CT molecular complexity index is 173. The summed E-state index contributed by atoms with van der Waals surface area (Å²) in [6.07, 6.45) is 3.26. The highest BCUT2D eigenvalue weighted by atomic mass is 15.0. The summed E-state index contributed by atoms with van der Waals surface area (Å²) in [7, 11) is 0. The average Bonchev–Trinajstić information content (AvgIpc) is 1.90. The molecular weight excluding hydrogens is 102 g/mol. The van der Waals surface area contributed by atoms with Crippen LogP contribution in [0.2, 0.25) is 0 Å². The standard InChI is InChI=1S/C5H5N3/c6-3-5-1-2-7-4-8-5/h1-2,8H,4H2. The summed E-state index contributed by atoms with van der Waals surface area (Å²) in [5.74, 6) is 0. The van der Waals surface area contributed by atoms with Crippen LogP contribution in [0.1, 0.15) is 0 Å². The predicted molar refractivity (Wildman–Crippen MR) is 30.2 cm³/mol. The van der Waals surface area contributed by atoms with Crippen LogP contribution in [0.5, 0.6) is 0 Å². The minimum atomic E-state index is 0.527. The van der Waals surface area contributed by atoms with Crippen LogP contribution in [-0.4, -0.2) is 12.9 Å². The number of hydrogen-bond acceptors (Lipinski definition) is 3. The lowest BCUT2D eigenvalue weighted by molar-refractivity contribution is 0.846. The summed E-state index contributed by atoms with van der Waals surface area (Å²) in [4.78, 5) is 3.81. The van der Waals surface area contributed by atoms with E-state index in [9.17, 15) is 0 Å². The second-order valence-corrected chi connectivity index (χ2v) is 1.36. The normalized spacial score (nSPS) is 16.1. The molecule has 1 heterocycles. The van der Waals surface area contributed by atoms with Gasteiger partial charge in [-0.1, -0.05) is 0 Å². The largest absolute Gasteiger partial charge is 0.358 e. The van der Waals surface area contributed by atoms with Gasteiger partial charge in [0.2, 0.25) is 0 Å². The Labute approximate surface area is 47.3 Å². The van der Waals surface area contributed by atoms with Gasteiger partial charge in [0.15, 0.2) is 0 Å². The smallest absolute Gasteiger partial charge is 0.117 e. The third-order valence-electron chi connectivity index (χ3n) is 0.828. The zero-order chi connectivity index (χ0) is 5.82. The maximum absolute atomic E-state index is 8.25. The SMILES string of the molecule is N#CC1=CC=NCN1. The fourth-order valence-electron chi connectivity index (χ4n) is 0.446. The Morgan fingerprint density at radius 3 is 3.12 bits per heavy atom. The van der Waals surface area contributed by atoms with Crippen LogP contribution in [0.3, 0.4) is 0 Å². The van der Waals surface area contributed by atoms with Gasteiger partial charge in [0, 0.05) is 6.21 Å². The van der Waals surface area contributed by atoms with Crippen LogP contribution in [0, 0.1) is 11.3 Å². The summed E-state index contributed by atoms with van der Waals surface area (Å²) in [5.41, 5.74) is 0.583. The minimum absolute atomic E-state index is 0.527. The summed E-state index contributed by atoms with van der Waals surface area (Å²) in [5, 5.41) is 11.0. The molecule has 1 N–H and O–H groups in total. The topological polar surface area (TPSA) is 48.2 Å². The first kappa shape index (κ1) is 4.85. The highest BCUT2D eigenvalue weighted by Gasteiger charge is 1.92. The van der Waals surface area contributed by atoms with Crippen molar-refractivity contribution < 1.29 is 0 Å². The number of nitrogens with zero attached hydrogens (tertiary/aromatic N) is 2. The summed E-state index contributed by atoms with van der Waals surface area (Å²) >= 11 is 0. The van der Waals surface area contributed by atoms with E-state index in [1.165, 1.54) is 0 Å². The lowest BCUT2D eigenvalue weighted by Crippen LogP contribution is -2.14. The predicted octanol–water partition coefficient (Wildman–Crippen LogP) is 0.0254. The van der Waals surface area contributed by atoms with E-state index in [2.05, 4.69) is 10.3 Å².